The third-order valence-electron chi connectivity index (χ3n) is 5.50. The summed E-state index contributed by atoms with van der Waals surface area (Å²) in [7, 11) is 0. The summed E-state index contributed by atoms with van der Waals surface area (Å²) in [5.74, 6) is 2.94. The lowest BCUT2D eigenvalue weighted by atomic mass is 10.1. The molecule has 4 aromatic rings. The van der Waals surface area contributed by atoms with Gasteiger partial charge >= 0.3 is 0 Å². The first-order chi connectivity index (χ1) is 15.1. The number of rotatable bonds is 4. The van der Waals surface area contributed by atoms with Crippen LogP contribution in [-0.4, -0.2) is 40.3 Å². The van der Waals surface area contributed by atoms with Gasteiger partial charge in [0.2, 0.25) is 5.95 Å². The van der Waals surface area contributed by atoms with Crippen LogP contribution in [0.3, 0.4) is 0 Å². The van der Waals surface area contributed by atoms with Gasteiger partial charge in [-0.05, 0) is 32.4 Å². The van der Waals surface area contributed by atoms with Gasteiger partial charge in [0, 0.05) is 24.0 Å². The van der Waals surface area contributed by atoms with Gasteiger partial charge in [-0.1, -0.05) is 19.1 Å². The maximum absolute atomic E-state index is 9.25. The minimum absolute atomic E-state index is 0.0762. The zero-order valence-corrected chi connectivity index (χ0v) is 17.5. The van der Waals surface area contributed by atoms with Gasteiger partial charge in [0.05, 0.1) is 23.9 Å². The van der Waals surface area contributed by atoms with E-state index < -0.39 is 0 Å². The number of imidazole rings is 1. The summed E-state index contributed by atoms with van der Waals surface area (Å²) in [6, 6.07) is 9.83. The Bertz CT molecular complexity index is 1290. The van der Waals surface area contributed by atoms with Crippen molar-refractivity contribution in [2.24, 2.45) is 0 Å². The van der Waals surface area contributed by atoms with Gasteiger partial charge in [-0.15, -0.1) is 10.2 Å². The Balaban J connectivity index is 1.67. The first kappa shape index (κ1) is 18.9. The van der Waals surface area contributed by atoms with E-state index >= 15 is 0 Å². The van der Waals surface area contributed by atoms with Gasteiger partial charge in [-0.3, -0.25) is 9.13 Å². The Labute approximate surface area is 179 Å². The normalized spacial score (nSPS) is 14.9. The molecular formula is C22H21N9. The van der Waals surface area contributed by atoms with E-state index in [4.69, 9.17) is 4.98 Å². The van der Waals surface area contributed by atoms with Crippen molar-refractivity contribution in [1.82, 2.24) is 34.3 Å². The summed E-state index contributed by atoms with van der Waals surface area (Å²) < 4.78 is 3.81. The molecule has 0 radical (unpaired) electrons. The Morgan fingerprint density at radius 3 is 2.84 bits per heavy atom. The molecule has 4 heterocycles. The van der Waals surface area contributed by atoms with Crippen molar-refractivity contribution >= 4 is 5.82 Å². The molecule has 1 aromatic carbocycles. The van der Waals surface area contributed by atoms with Crippen LogP contribution in [0.2, 0.25) is 0 Å². The molecule has 9 nitrogen and oxygen atoms in total. The largest absolute Gasteiger partial charge is 0.342 e. The molecule has 0 fully saturated rings. The van der Waals surface area contributed by atoms with E-state index in [9.17, 15) is 5.26 Å². The summed E-state index contributed by atoms with van der Waals surface area (Å²) in [4.78, 5) is 16.4. The van der Waals surface area contributed by atoms with Crippen molar-refractivity contribution in [3.8, 4) is 29.1 Å². The zero-order valence-electron chi connectivity index (χ0n) is 17.5. The fraction of sp³-hybridized carbons (Fsp3) is 0.273. The number of fused-ring (bicyclic) bond motifs is 3. The van der Waals surface area contributed by atoms with E-state index in [0.29, 0.717) is 17.3 Å². The standard InChI is InChI=1S/C22H21N9/c1-4-17-21-28-26-13-30(21)18-12-25-22(27-20(18)31(17)14(2)3)29-9-8-24-19(29)16-7-5-6-15(10-16)11-23/h5-10,12-14,17H,4H2,1-3H3. The molecular weight excluding hydrogens is 390 g/mol. The van der Waals surface area contributed by atoms with Crippen LogP contribution in [0.5, 0.6) is 0 Å². The highest BCUT2D eigenvalue weighted by atomic mass is 15.4. The molecule has 1 atom stereocenters. The van der Waals surface area contributed by atoms with Gasteiger partial charge in [-0.2, -0.15) is 10.2 Å². The van der Waals surface area contributed by atoms with Crippen LogP contribution in [-0.2, 0) is 0 Å². The number of nitrogens with zero attached hydrogens (tertiary/aromatic N) is 9. The second-order valence-electron chi connectivity index (χ2n) is 7.68. The van der Waals surface area contributed by atoms with E-state index in [1.165, 1.54) is 0 Å². The van der Waals surface area contributed by atoms with E-state index in [0.717, 1.165) is 29.3 Å². The molecule has 0 N–H and O–H groups in total. The van der Waals surface area contributed by atoms with Crippen LogP contribution in [0.15, 0.2) is 49.2 Å². The number of aromatic nitrogens is 7. The molecule has 3 aromatic heterocycles. The molecule has 0 aliphatic carbocycles. The summed E-state index contributed by atoms with van der Waals surface area (Å²) >= 11 is 0. The molecule has 0 amide bonds. The molecule has 0 saturated heterocycles. The van der Waals surface area contributed by atoms with Crippen molar-refractivity contribution in [1.29, 1.82) is 5.26 Å². The molecule has 154 valence electrons. The molecule has 0 bridgehead atoms. The predicted octanol–water partition coefficient (Wildman–Crippen LogP) is 3.46. The highest BCUT2D eigenvalue weighted by Gasteiger charge is 2.35. The maximum Gasteiger partial charge on any atom is 0.237 e. The van der Waals surface area contributed by atoms with Crippen molar-refractivity contribution in [3.05, 3.63) is 60.6 Å². The van der Waals surface area contributed by atoms with Crippen LogP contribution in [0, 0.1) is 11.3 Å². The van der Waals surface area contributed by atoms with E-state index in [1.807, 2.05) is 33.5 Å². The fourth-order valence-corrected chi connectivity index (χ4v) is 4.15. The van der Waals surface area contributed by atoms with E-state index in [2.05, 4.69) is 51.9 Å². The minimum Gasteiger partial charge on any atom is -0.342 e. The highest BCUT2D eigenvalue weighted by Crippen LogP contribution is 2.39. The summed E-state index contributed by atoms with van der Waals surface area (Å²) in [5.41, 5.74) is 2.27. The number of hydrogen-bond acceptors (Lipinski definition) is 7. The van der Waals surface area contributed by atoms with Gasteiger partial charge < -0.3 is 4.90 Å². The average molecular weight is 411 g/mol. The van der Waals surface area contributed by atoms with Gasteiger partial charge in [0.15, 0.2) is 11.6 Å². The molecule has 1 aliphatic heterocycles. The molecule has 31 heavy (non-hydrogen) atoms. The molecule has 0 spiro atoms. The molecule has 5 rings (SSSR count). The zero-order chi connectivity index (χ0) is 21.5. The molecule has 0 saturated carbocycles. The Morgan fingerprint density at radius 2 is 2.06 bits per heavy atom. The monoisotopic (exact) mass is 411 g/mol. The van der Waals surface area contributed by atoms with Crippen molar-refractivity contribution in [3.63, 3.8) is 0 Å². The molecule has 1 unspecified atom stereocenters. The van der Waals surface area contributed by atoms with Crippen LogP contribution in [0.4, 0.5) is 5.82 Å². The van der Waals surface area contributed by atoms with Crippen LogP contribution >= 0.6 is 0 Å². The van der Waals surface area contributed by atoms with Crippen molar-refractivity contribution in [2.45, 2.75) is 39.3 Å². The van der Waals surface area contributed by atoms with Crippen LogP contribution in [0.1, 0.15) is 44.6 Å². The smallest absolute Gasteiger partial charge is 0.237 e. The van der Waals surface area contributed by atoms with Gasteiger partial charge in [-0.25, -0.2) is 9.97 Å². The number of anilines is 1. The van der Waals surface area contributed by atoms with Crippen molar-refractivity contribution in [2.75, 3.05) is 4.90 Å². The number of hydrogen-bond donors (Lipinski definition) is 0. The van der Waals surface area contributed by atoms with Crippen molar-refractivity contribution < 1.29 is 0 Å². The van der Waals surface area contributed by atoms with Gasteiger partial charge in [0.25, 0.3) is 0 Å². The number of nitriles is 1. The SMILES string of the molecule is CCC1c2nncn2-c2cnc(-n3ccnc3-c3cccc(C#N)c3)nc2N1C(C)C. The quantitative estimate of drug-likeness (QED) is 0.507. The average Bonchev–Trinajstić information content (AvgIpc) is 3.47. The van der Waals surface area contributed by atoms with E-state index in [1.54, 1.807) is 24.8 Å². The summed E-state index contributed by atoms with van der Waals surface area (Å²) in [6.07, 6.45) is 7.95. The second kappa shape index (κ2) is 7.32. The fourth-order valence-electron chi connectivity index (χ4n) is 4.15. The predicted molar refractivity (Wildman–Crippen MR) is 115 cm³/mol. The summed E-state index contributed by atoms with van der Waals surface area (Å²) in [5, 5.41) is 17.7. The highest BCUT2D eigenvalue weighted by molar-refractivity contribution is 5.64. The minimum atomic E-state index is 0.0762. The van der Waals surface area contributed by atoms with Gasteiger partial charge in [0.1, 0.15) is 17.8 Å². The lowest BCUT2D eigenvalue weighted by Crippen LogP contribution is -2.40. The van der Waals surface area contributed by atoms with Crippen LogP contribution in [0.25, 0.3) is 23.0 Å². The maximum atomic E-state index is 9.25. The third kappa shape index (κ3) is 2.95. The second-order valence-corrected chi connectivity index (χ2v) is 7.68. The first-order valence-electron chi connectivity index (χ1n) is 10.2. The number of benzene rings is 1. The van der Waals surface area contributed by atoms with Crippen LogP contribution < -0.4 is 4.90 Å². The molecule has 1 aliphatic rings. The Morgan fingerprint density at radius 1 is 1.19 bits per heavy atom. The topological polar surface area (TPSA) is 101 Å². The molecule has 9 heteroatoms. The first-order valence-corrected chi connectivity index (χ1v) is 10.2. The lowest BCUT2D eigenvalue weighted by molar-refractivity contribution is 0.497. The third-order valence-corrected chi connectivity index (χ3v) is 5.50. The lowest BCUT2D eigenvalue weighted by Gasteiger charge is -2.39. The Kier molecular flexibility index (Phi) is 4.47. The Hall–Kier alpha value is -4.06. The van der Waals surface area contributed by atoms with E-state index in [-0.39, 0.29) is 12.1 Å². The summed E-state index contributed by atoms with van der Waals surface area (Å²) in [6.45, 7) is 6.44.